The van der Waals surface area contributed by atoms with Gasteiger partial charge in [0.1, 0.15) is 30.5 Å². The molecule has 0 aromatic heterocycles. The molecule has 1 fully saturated rings. The molecule has 72 heavy (non-hydrogen) atoms. The fourth-order valence-electron chi connectivity index (χ4n) is 8.45. The van der Waals surface area contributed by atoms with Crippen LogP contribution in [0.3, 0.4) is 0 Å². The van der Waals surface area contributed by atoms with Crippen molar-refractivity contribution in [3.8, 4) is 0 Å². The zero-order valence-corrected chi connectivity index (χ0v) is 46.0. The van der Waals surface area contributed by atoms with E-state index in [1.54, 1.807) is 0 Å². The summed E-state index contributed by atoms with van der Waals surface area (Å²) >= 11 is 0. The van der Waals surface area contributed by atoms with E-state index in [4.69, 9.17) is 18.9 Å². The van der Waals surface area contributed by atoms with Gasteiger partial charge in [0.15, 0.2) is 6.29 Å². The van der Waals surface area contributed by atoms with Gasteiger partial charge in [-0.25, -0.2) is 4.18 Å². The van der Waals surface area contributed by atoms with E-state index in [2.05, 4.69) is 90.9 Å². The van der Waals surface area contributed by atoms with Crippen LogP contribution < -0.4 is 0 Å². The zero-order chi connectivity index (χ0) is 52.4. The molecule has 1 saturated heterocycles. The average molecular weight is 1040 g/mol. The molecule has 0 bridgehead atoms. The Bertz CT molecular complexity index is 1520. The predicted molar refractivity (Wildman–Crippen MR) is 294 cm³/mol. The van der Waals surface area contributed by atoms with Crippen molar-refractivity contribution in [2.75, 3.05) is 26.4 Å². The SMILES string of the molecule is CCCCC/C=C\C/C=C\C/C=C\CCCCCCCCCOCC(COC1OC(CO)C(O)C(OS(=O)(=O)O)C1O)OC(=O)CCCCCCCCCCCC/C=C\C/C=C\C/C=C\CCCCCCC. The molecule has 4 N–H and O–H groups in total. The van der Waals surface area contributed by atoms with Gasteiger partial charge in [-0.1, -0.05) is 209 Å². The molecule has 6 atom stereocenters. The highest BCUT2D eigenvalue weighted by atomic mass is 32.3. The standard InChI is InChI=1S/C59H104O12S/c1-3-5-7-9-11-13-15-17-19-21-23-25-26-27-28-29-30-32-34-36-38-40-42-44-46-48-55(61)69-53(52-68-59-57(63)58(71-72(64,65)66)56(62)54(50-60)70-59)51-67-49-47-45-43-41-39-37-35-33-31-24-22-20-18-16-14-12-10-8-6-4-2/h12,14-15,17-18,20-21,23-24,26-27,31,53-54,56-60,62-63H,3-11,13,16,19,22,25,28-30,32-52H2,1-2H3,(H,64,65,66)/b14-12-,17-15-,20-18-,23-21-,27-26-,31-24-. The Labute approximate surface area is 439 Å². The molecule has 1 heterocycles. The third-order valence-corrected chi connectivity index (χ3v) is 13.3. The first kappa shape index (κ1) is 67.6. The third kappa shape index (κ3) is 41.8. The van der Waals surface area contributed by atoms with Crippen LogP contribution >= 0.6 is 0 Å². The predicted octanol–water partition coefficient (Wildman–Crippen LogP) is 14.2. The number of aliphatic hydroxyl groups excluding tert-OH is 3. The van der Waals surface area contributed by atoms with Gasteiger partial charge in [-0.3, -0.25) is 9.35 Å². The second-order valence-corrected chi connectivity index (χ2v) is 20.6. The number of rotatable bonds is 50. The van der Waals surface area contributed by atoms with Crippen LogP contribution in [0.2, 0.25) is 0 Å². The van der Waals surface area contributed by atoms with Crippen LogP contribution in [-0.4, -0.2) is 97.5 Å². The van der Waals surface area contributed by atoms with Gasteiger partial charge in [-0.15, -0.1) is 0 Å². The van der Waals surface area contributed by atoms with Crippen LogP contribution in [0.15, 0.2) is 72.9 Å². The molecule has 1 aliphatic heterocycles. The Balaban J connectivity index is 2.32. The summed E-state index contributed by atoms with van der Waals surface area (Å²) in [4.78, 5) is 13.0. The van der Waals surface area contributed by atoms with Gasteiger partial charge in [0, 0.05) is 13.0 Å². The molecule has 1 rings (SSSR count). The molecule has 0 aromatic rings. The molecular weight excluding hydrogens is 933 g/mol. The Hall–Kier alpha value is -2.46. The first-order valence-corrected chi connectivity index (χ1v) is 30.1. The number of allylic oxidation sites excluding steroid dienone is 12. The van der Waals surface area contributed by atoms with E-state index in [-0.39, 0.29) is 19.6 Å². The molecule has 1 aliphatic rings. The second-order valence-electron chi connectivity index (χ2n) is 19.5. The van der Waals surface area contributed by atoms with Crippen molar-refractivity contribution in [3.63, 3.8) is 0 Å². The molecule has 0 aromatic carbocycles. The normalized spacial score (nSPS) is 19.4. The van der Waals surface area contributed by atoms with Gasteiger partial charge in [-0.2, -0.15) is 8.42 Å². The van der Waals surface area contributed by atoms with E-state index in [1.165, 1.54) is 122 Å². The molecule has 13 heteroatoms. The molecule has 0 radical (unpaired) electrons. The van der Waals surface area contributed by atoms with Crippen LogP contribution in [0.1, 0.15) is 232 Å². The maximum absolute atomic E-state index is 13.0. The van der Waals surface area contributed by atoms with Gasteiger partial charge in [0.25, 0.3) is 0 Å². The minimum absolute atomic E-state index is 0.0248. The highest BCUT2D eigenvalue weighted by Gasteiger charge is 2.48. The summed E-state index contributed by atoms with van der Waals surface area (Å²) < 4.78 is 59.4. The van der Waals surface area contributed by atoms with Crippen molar-refractivity contribution in [3.05, 3.63) is 72.9 Å². The third-order valence-electron chi connectivity index (χ3n) is 12.8. The largest absolute Gasteiger partial charge is 0.457 e. The van der Waals surface area contributed by atoms with Gasteiger partial charge in [0.05, 0.1) is 19.8 Å². The number of hydrogen-bond acceptors (Lipinski definition) is 11. The molecule has 0 aliphatic carbocycles. The fourth-order valence-corrected chi connectivity index (χ4v) is 8.96. The Morgan fingerprint density at radius 3 is 1.36 bits per heavy atom. The second kappa shape index (κ2) is 49.4. The van der Waals surface area contributed by atoms with Crippen LogP contribution in [-0.2, 0) is 38.3 Å². The van der Waals surface area contributed by atoms with Gasteiger partial charge in [-0.05, 0) is 89.9 Å². The van der Waals surface area contributed by atoms with Gasteiger partial charge < -0.3 is 34.3 Å². The molecule has 0 saturated carbocycles. The summed E-state index contributed by atoms with van der Waals surface area (Å²) in [7, 11) is -5.07. The molecule has 0 spiro atoms. The van der Waals surface area contributed by atoms with Crippen molar-refractivity contribution in [2.45, 2.75) is 269 Å². The van der Waals surface area contributed by atoms with Crippen LogP contribution in [0.4, 0.5) is 0 Å². The maximum atomic E-state index is 13.0. The minimum Gasteiger partial charge on any atom is -0.457 e. The number of carbonyl (C=O) groups excluding carboxylic acids is 1. The van der Waals surface area contributed by atoms with Crippen molar-refractivity contribution >= 4 is 16.4 Å². The quantitative estimate of drug-likeness (QED) is 0.0196. The van der Waals surface area contributed by atoms with Crippen molar-refractivity contribution < 1.29 is 56.2 Å². The number of esters is 1. The topological polar surface area (TPSA) is 178 Å². The summed E-state index contributed by atoms with van der Waals surface area (Å²) in [6.45, 7) is 3.94. The lowest BCUT2D eigenvalue weighted by Crippen LogP contribution is -2.60. The van der Waals surface area contributed by atoms with Crippen LogP contribution in [0, 0.1) is 0 Å². The highest BCUT2D eigenvalue weighted by Crippen LogP contribution is 2.26. The van der Waals surface area contributed by atoms with Gasteiger partial charge in [0.2, 0.25) is 0 Å². The fraction of sp³-hybridized carbons (Fsp3) is 0.780. The van der Waals surface area contributed by atoms with E-state index >= 15 is 0 Å². The van der Waals surface area contributed by atoms with E-state index < -0.39 is 59.8 Å². The maximum Gasteiger partial charge on any atom is 0.397 e. The molecule has 6 unspecified atom stereocenters. The van der Waals surface area contributed by atoms with E-state index in [0.717, 1.165) is 83.5 Å². The summed E-state index contributed by atoms with van der Waals surface area (Å²) in [5.41, 5.74) is 0. The molecule has 0 amide bonds. The molecule has 418 valence electrons. The number of carbonyl (C=O) groups is 1. The van der Waals surface area contributed by atoms with Gasteiger partial charge >= 0.3 is 16.4 Å². The summed E-state index contributed by atoms with van der Waals surface area (Å²) in [6, 6.07) is 0. The van der Waals surface area contributed by atoms with Crippen LogP contribution in [0.25, 0.3) is 0 Å². The summed E-state index contributed by atoms with van der Waals surface area (Å²) in [6.07, 6.45) is 56.4. The highest BCUT2D eigenvalue weighted by molar-refractivity contribution is 7.80. The lowest BCUT2D eigenvalue weighted by atomic mass is 9.99. The lowest BCUT2D eigenvalue weighted by Gasteiger charge is -2.41. The average Bonchev–Trinajstić information content (AvgIpc) is 3.36. The number of ether oxygens (including phenoxy) is 4. The van der Waals surface area contributed by atoms with Crippen molar-refractivity contribution in [1.29, 1.82) is 0 Å². The monoisotopic (exact) mass is 1040 g/mol. The van der Waals surface area contributed by atoms with E-state index in [9.17, 15) is 33.1 Å². The number of hydrogen-bond donors (Lipinski definition) is 4. The zero-order valence-electron chi connectivity index (χ0n) is 45.2. The Kier molecular flexibility index (Phi) is 46.4. The molecular formula is C59H104O12S. The van der Waals surface area contributed by atoms with Crippen LogP contribution in [0.5, 0.6) is 0 Å². The van der Waals surface area contributed by atoms with E-state index in [0.29, 0.717) is 13.0 Å². The number of unbranched alkanes of at least 4 members (excludes halogenated alkanes) is 25. The minimum atomic E-state index is -5.07. The van der Waals surface area contributed by atoms with Crippen molar-refractivity contribution in [2.24, 2.45) is 0 Å². The van der Waals surface area contributed by atoms with Crippen molar-refractivity contribution in [1.82, 2.24) is 0 Å². The van der Waals surface area contributed by atoms with E-state index in [1.807, 2.05) is 0 Å². The number of aliphatic hydroxyl groups is 3. The summed E-state index contributed by atoms with van der Waals surface area (Å²) in [5, 5.41) is 30.8. The lowest BCUT2D eigenvalue weighted by molar-refractivity contribution is -0.301. The summed E-state index contributed by atoms with van der Waals surface area (Å²) in [5.74, 6) is -0.407. The molecule has 12 nitrogen and oxygen atoms in total. The first-order valence-electron chi connectivity index (χ1n) is 28.7. The Morgan fingerprint density at radius 1 is 0.528 bits per heavy atom. The Morgan fingerprint density at radius 2 is 0.917 bits per heavy atom. The smallest absolute Gasteiger partial charge is 0.397 e. The first-order chi connectivity index (χ1) is 35.1.